The first-order valence-electron chi connectivity index (χ1n) is 12.4. The average Bonchev–Trinajstić information content (AvgIpc) is 2.84. The van der Waals surface area contributed by atoms with Gasteiger partial charge in [0.15, 0.2) is 0 Å². The third-order valence-corrected chi connectivity index (χ3v) is 5.65. The smallest absolute Gasteiger partial charge is 0.326 e. The zero-order valence-corrected chi connectivity index (χ0v) is 21.9. The van der Waals surface area contributed by atoms with Crippen molar-refractivity contribution in [3.63, 3.8) is 0 Å². The minimum Gasteiger partial charge on any atom is -0.508 e. The number of primary amides is 1. The molecule has 0 aliphatic rings. The fourth-order valence-corrected chi connectivity index (χ4v) is 3.56. The number of hydrogen-bond donors (Lipinski definition) is 8. The molecule has 0 radical (unpaired) electrons. The van der Waals surface area contributed by atoms with Crippen LogP contribution in [0.3, 0.4) is 0 Å². The minimum absolute atomic E-state index is 0.0122. The highest BCUT2D eigenvalue weighted by atomic mass is 16.4. The maximum atomic E-state index is 13.3. The molecule has 0 fully saturated rings. The Labute approximate surface area is 225 Å². The number of phenolic OH excluding ortho intramolecular Hbond substituents is 1. The molecule has 1 rings (SSSR count). The summed E-state index contributed by atoms with van der Waals surface area (Å²) in [6.45, 7) is 3.55. The van der Waals surface area contributed by atoms with E-state index in [2.05, 4.69) is 16.0 Å². The van der Waals surface area contributed by atoms with Crippen LogP contribution in [0.5, 0.6) is 5.75 Å². The lowest BCUT2D eigenvalue weighted by Crippen LogP contribution is -2.57. The van der Waals surface area contributed by atoms with E-state index in [-0.39, 0.29) is 43.8 Å². The molecule has 14 nitrogen and oxygen atoms in total. The van der Waals surface area contributed by atoms with Gasteiger partial charge in [-0.3, -0.25) is 24.0 Å². The van der Waals surface area contributed by atoms with Gasteiger partial charge >= 0.3 is 11.9 Å². The number of rotatable bonds is 17. The van der Waals surface area contributed by atoms with E-state index in [9.17, 15) is 39.0 Å². The van der Waals surface area contributed by atoms with Gasteiger partial charge in [-0.1, -0.05) is 26.0 Å². The van der Waals surface area contributed by atoms with Crippen LogP contribution in [0.15, 0.2) is 24.3 Å². The Morgan fingerprint density at radius 3 is 1.85 bits per heavy atom. The third-order valence-electron chi connectivity index (χ3n) is 5.65. The van der Waals surface area contributed by atoms with E-state index in [1.807, 2.05) is 0 Å². The molecule has 1 aromatic rings. The quantitative estimate of drug-likeness (QED) is 0.117. The molecular formula is C25H37N5O9. The Hall–Kier alpha value is -4.20. The predicted octanol–water partition coefficient (Wildman–Crippen LogP) is -1.02. The van der Waals surface area contributed by atoms with Gasteiger partial charge in [0.05, 0.1) is 6.04 Å². The summed E-state index contributed by atoms with van der Waals surface area (Å²) in [5, 5.41) is 35.1. The molecule has 0 bridgehead atoms. The molecule has 0 spiro atoms. The number of aliphatic carboxylic acids is 2. The molecule has 0 aliphatic heterocycles. The van der Waals surface area contributed by atoms with E-state index < -0.39 is 66.2 Å². The van der Waals surface area contributed by atoms with Crippen LogP contribution >= 0.6 is 0 Å². The number of carbonyl (C=O) groups excluding carboxylic acids is 4. The van der Waals surface area contributed by atoms with Crippen LogP contribution < -0.4 is 27.4 Å². The molecule has 4 atom stereocenters. The van der Waals surface area contributed by atoms with Gasteiger partial charge in [0.1, 0.15) is 23.9 Å². The number of amides is 4. The van der Waals surface area contributed by atoms with Crippen molar-refractivity contribution in [3.05, 3.63) is 29.8 Å². The van der Waals surface area contributed by atoms with Crippen molar-refractivity contribution in [3.8, 4) is 5.75 Å². The van der Waals surface area contributed by atoms with Gasteiger partial charge in [-0.2, -0.15) is 0 Å². The first-order valence-corrected chi connectivity index (χ1v) is 12.4. The maximum Gasteiger partial charge on any atom is 0.326 e. The van der Waals surface area contributed by atoms with Crippen LogP contribution in [0.2, 0.25) is 0 Å². The summed E-state index contributed by atoms with van der Waals surface area (Å²) >= 11 is 0. The minimum atomic E-state index is -1.49. The Bertz CT molecular complexity index is 1030. The number of carboxylic acid groups (broad SMARTS) is 2. The van der Waals surface area contributed by atoms with Crippen molar-refractivity contribution < 1.29 is 44.1 Å². The molecule has 4 amide bonds. The molecule has 4 unspecified atom stereocenters. The molecule has 0 saturated carbocycles. The molecule has 0 saturated heterocycles. The van der Waals surface area contributed by atoms with Crippen molar-refractivity contribution in [1.82, 2.24) is 16.0 Å². The van der Waals surface area contributed by atoms with Gasteiger partial charge in [0.25, 0.3) is 0 Å². The molecule has 10 N–H and O–H groups in total. The highest BCUT2D eigenvalue weighted by Crippen LogP contribution is 2.13. The van der Waals surface area contributed by atoms with Crippen molar-refractivity contribution >= 4 is 35.6 Å². The van der Waals surface area contributed by atoms with E-state index in [0.29, 0.717) is 5.56 Å². The second-order valence-corrected chi connectivity index (χ2v) is 9.57. The van der Waals surface area contributed by atoms with Crippen LogP contribution in [0.1, 0.15) is 51.5 Å². The van der Waals surface area contributed by atoms with Gasteiger partial charge < -0.3 is 42.7 Å². The summed E-state index contributed by atoms with van der Waals surface area (Å²) in [5.41, 5.74) is 11.5. The molecule has 0 aromatic heterocycles. The van der Waals surface area contributed by atoms with Crippen molar-refractivity contribution in [2.24, 2.45) is 17.4 Å². The number of aromatic hydroxyl groups is 1. The maximum absolute atomic E-state index is 13.3. The number of nitrogens with one attached hydrogen (secondary N) is 3. The molecule has 1 aromatic carbocycles. The summed E-state index contributed by atoms with van der Waals surface area (Å²) in [6, 6.07) is 0.786. The Morgan fingerprint density at radius 1 is 0.795 bits per heavy atom. The summed E-state index contributed by atoms with van der Waals surface area (Å²) in [6.07, 6.45) is -0.989. The average molecular weight is 552 g/mol. The van der Waals surface area contributed by atoms with Crippen LogP contribution in [-0.4, -0.2) is 75.1 Å². The molecular weight excluding hydrogens is 514 g/mol. The summed E-state index contributed by atoms with van der Waals surface area (Å²) < 4.78 is 0. The lowest BCUT2D eigenvalue weighted by molar-refractivity contribution is -0.143. The van der Waals surface area contributed by atoms with Crippen LogP contribution in [0.4, 0.5) is 0 Å². The second kappa shape index (κ2) is 15.9. The van der Waals surface area contributed by atoms with E-state index in [1.54, 1.807) is 13.8 Å². The summed E-state index contributed by atoms with van der Waals surface area (Å²) in [7, 11) is 0. The highest BCUT2D eigenvalue weighted by Gasteiger charge is 2.31. The first-order chi connectivity index (χ1) is 18.2. The van der Waals surface area contributed by atoms with Crippen molar-refractivity contribution in [2.75, 3.05) is 0 Å². The lowest BCUT2D eigenvalue weighted by Gasteiger charge is -2.26. The molecule has 216 valence electrons. The largest absolute Gasteiger partial charge is 0.508 e. The van der Waals surface area contributed by atoms with Gasteiger partial charge in [0.2, 0.25) is 23.6 Å². The standard InChI is InChI=1S/C25H37N5O9/c1-13(2)11-18(23(36)28-17(25(38)39)8-10-21(33)34)30-24(37)19(12-14-3-5-15(31)6-4-14)29-22(35)16(26)7-9-20(27)32/h3-6,13,16-19,31H,7-12,26H2,1-2H3,(H2,27,32)(H,28,36)(H,29,35)(H,30,37)(H,33,34)(H,38,39). The normalized spacial score (nSPS) is 13.9. The number of nitrogens with two attached hydrogens (primary N) is 2. The Morgan fingerprint density at radius 2 is 1.33 bits per heavy atom. The fraction of sp³-hybridized carbons (Fsp3) is 0.520. The van der Waals surface area contributed by atoms with Crippen LogP contribution in [-0.2, 0) is 35.2 Å². The third kappa shape index (κ3) is 12.7. The molecule has 39 heavy (non-hydrogen) atoms. The predicted molar refractivity (Wildman–Crippen MR) is 138 cm³/mol. The topological polar surface area (TPSA) is 251 Å². The zero-order valence-electron chi connectivity index (χ0n) is 21.9. The Kier molecular flexibility index (Phi) is 13.4. The summed E-state index contributed by atoms with van der Waals surface area (Å²) in [5.74, 6) is -5.77. The SMILES string of the molecule is CC(C)CC(NC(=O)C(Cc1ccc(O)cc1)NC(=O)C(N)CCC(N)=O)C(=O)NC(CCC(=O)O)C(=O)O. The van der Waals surface area contributed by atoms with E-state index >= 15 is 0 Å². The molecule has 14 heteroatoms. The van der Waals surface area contributed by atoms with Crippen molar-refractivity contribution in [2.45, 2.75) is 76.5 Å². The summed E-state index contributed by atoms with van der Waals surface area (Å²) in [4.78, 5) is 72.3. The monoisotopic (exact) mass is 551 g/mol. The van der Waals surface area contributed by atoms with Gasteiger partial charge in [0, 0.05) is 19.3 Å². The highest BCUT2D eigenvalue weighted by molar-refractivity contribution is 5.94. The lowest BCUT2D eigenvalue weighted by atomic mass is 10.00. The van der Waals surface area contributed by atoms with Crippen LogP contribution in [0.25, 0.3) is 0 Å². The molecule has 0 aliphatic carbocycles. The number of carboxylic acids is 2. The zero-order chi connectivity index (χ0) is 29.7. The Balaban J connectivity index is 3.13. The van der Waals surface area contributed by atoms with Crippen molar-refractivity contribution in [1.29, 1.82) is 0 Å². The van der Waals surface area contributed by atoms with Crippen LogP contribution in [0, 0.1) is 5.92 Å². The van der Waals surface area contributed by atoms with Gasteiger partial charge in [-0.25, -0.2) is 4.79 Å². The number of benzene rings is 1. The number of carbonyl (C=O) groups is 6. The van der Waals surface area contributed by atoms with Gasteiger partial charge in [-0.05, 0) is 42.9 Å². The van der Waals surface area contributed by atoms with E-state index in [0.717, 1.165) is 0 Å². The number of phenols is 1. The number of hydrogen-bond acceptors (Lipinski definition) is 8. The molecule has 0 heterocycles. The second-order valence-electron chi connectivity index (χ2n) is 9.57. The van der Waals surface area contributed by atoms with E-state index in [1.165, 1.54) is 24.3 Å². The van der Waals surface area contributed by atoms with Gasteiger partial charge in [-0.15, -0.1) is 0 Å². The fourth-order valence-electron chi connectivity index (χ4n) is 3.56. The first kappa shape index (κ1) is 32.8. The van der Waals surface area contributed by atoms with E-state index in [4.69, 9.17) is 16.6 Å².